The topological polar surface area (TPSA) is 56.7 Å². The Kier molecular flexibility index (Phi) is 8.42. The second kappa shape index (κ2) is 14.7. The zero-order chi connectivity index (χ0) is 41.0. The molecule has 290 valence electrons. The molecule has 3 aromatic heterocycles. The van der Waals surface area contributed by atoms with Crippen LogP contribution in [-0.2, 0) is 0 Å². The molecule has 0 saturated heterocycles. The quantitative estimate of drug-likeness (QED) is 0.161. The van der Waals surface area contributed by atoms with Crippen molar-refractivity contribution in [3.05, 3.63) is 218 Å². The Labute approximate surface area is 357 Å². The molecule has 0 saturated carbocycles. The van der Waals surface area contributed by atoms with Gasteiger partial charge in [-0.3, -0.25) is 0 Å². The molecule has 0 fully saturated rings. The van der Waals surface area contributed by atoms with Gasteiger partial charge in [0.25, 0.3) is 0 Å². The molecule has 0 N–H and O–H groups in total. The molecule has 0 spiro atoms. The third kappa shape index (κ3) is 6.14. The number of fused-ring (bicyclic) bond motifs is 6. The number of aromatic nitrogens is 4. The number of hydrogen-bond donors (Lipinski definition) is 0. The fourth-order valence-electron chi connectivity index (χ4n) is 8.86. The third-order valence-corrected chi connectivity index (χ3v) is 11.9. The van der Waals surface area contributed by atoms with Gasteiger partial charge in [0, 0.05) is 43.9 Å². The van der Waals surface area contributed by atoms with Crippen molar-refractivity contribution in [1.29, 1.82) is 0 Å². The van der Waals surface area contributed by atoms with E-state index in [1.54, 1.807) is 0 Å². The van der Waals surface area contributed by atoms with Crippen LogP contribution in [0, 0.1) is 0 Å². The Morgan fingerprint density at radius 2 is 0.806 bits per heavy atom. The van der Waals surface area contributed by atoms with Gasteiger partial charge in [0.2, 0.25) is 0 Å². The zero-order valence-corrected chi connectivity index (χ0v) is 33.5. The van der Waals surface area contributed by atoms with Crippen LogP contribution in [-0.4, -0.2) is 19.5 Å². The van der Waals surface area contributed by atoms with Gasteiger partial charge in [0.15, 0.2) is 17.5 Å². The van der Waals surface area contributed by atoms with Crippen LogP contribution >= 0.6 is 0 Å². The van der Waals surface area contributed by atoms with Crippen molar-refractivity contribution in [2.24, 2.45) is 0 Å². The Balaban J connectivity index is 0.961. The molecular formula is C57H36N4O. The van der Waals surface area contributed by atoms with Crippen LogP contribution in [0.3, 0.4) is 0 Å². The molecule has 3 heterocycles. The second-order valence-corrected chi connectivity index (χ2v) is 15.6. The molecule has 0 aliphatic heterocycles. The summed E-state index contributed by atoms with van der Waals surface area (Å²) in [4.78, 5) is 15.3. The average molecular weight is 793 g/mol. The Bertz CT molecular complexity index is 3610. The number of rotatable bonds is 7. The van der Waals surface area contributed by atoms with Crippen LogP contribution in [0.1, 0.15) is 0 Å². The number of furan rings is 1. The molecule has 0 radical (unpaired) electrons. The first-order chi connectivity index (χ1) is 30.7. The third-order valence-electron chi connectivity index (χ3n) is 11.9. The highest BCUT2D eigenvalue weighted by Gasteiger charge is 2.19. The van der Waals surface area contributed by atoms with Crippen molar-refractivity contribution in [3.63, 3.8) is 0 Å². The molecular weight excluding hydrogens is 757 g/mol. The van der Waals surface area contributed by atoms with E-state index in [9.17, 15) is 0 Å². The van der Waals surface area contributed by atoms with Crippen LogP contribution in [0.15, 0.2) is 223 Å². The lowest BCUT2D eigenvalue weighted by Gasteiger charge is -2.10. The van der Waals surface area contributed by atoms with Gasteiger partial charge in [0.05, 0.1) is 11.0 Å². The van der Waals surface area contributed by atoms with Crippen LogP contribution in [0.2, 0.25) is 0 Å². The molecule has 0 bridgehead atoms. The monoisotopic (exact) mass is 792 g/mol. The molecule has 0 aliphatic rings. The normalized spacial score (nSPS) is 11.5. The molecule has 0 atom stereocenters. The minimum Gasteiger partial charge on any atom is -0.456 e. The maximum absolute atomic E-state index is 6.52. The molecule has 9 aromatic carbocycles. The van der Waals surface area contributed by atoms with Gasteiger partial charge in [0.1, 0.15) is 11.2 Å². The zero-order valence-electron chi connectivity index (χ0n) is 33.5. The fraction of sp³-hybridized carbons (Fsp3) is 0. The van der Waals surface area contributed by atoms with E-state index in [0.29, 0.717) is 17.5 Å². The molecule has 12 aromatic rings. The lowest BCUT2D eigenvalue weighted by atomic mass is 9.96. The van der Waals surface area contributed by atoms with Gasteiger partial charge in [-0.2, -0.15) is 0 Å². The summed E-state index contributed by atoms with van der Waals surface area (Å²) in [5.74, 6) is 1.81. The van der Waals surface area contributed by atoms with E-state index in [0.717, 1.165) is 72.1 Å². The molecule has 5 nitrogen and oxygen atoms in total. The van der Waals surface area contributed by atoms with Crippen molar-refractivity contribution in [1.82, 2.24) is 19.5 Å². The van der Waals surface area contributed by atoms with Crippen molar-refractivity contribution in [3.8, 4) is 73.2 Å². The average Bonchev–Trinajstić information content (AvgIpc) is 3.90. The molecule has 0 amide bonds. The van der Waals surface area contributed by atoms with Gasteiger partial charge >= 0.3 is 0 Å². The van der Waals surface area contributed by atoms with Gasteiger partial charge in [-0.05, 0) is 88.0 Å². The minimum absolute atomic E-state index is 0.589. The second-order valence-electron chi connectivity index (χ2n) is 15.6. The highest BCUT2D eigenvalue weighted by atomic mass is 16.3. The van der Waals surface area contributed by atoms with E-state index in [1.165, 1.54) is 27.4 Å². The highest BCUT2D eigenvalue weighted by molar-refractivity contribution is 6.13. The summed E-state index contributed by atoms with van der Waals surface area (Å²) in [6.45, 7) is 0. The standard InChI is InChI=1S/C57H36N4O/c1-4-14-37(15-5-1)38-26-28-40(29-27-38)56-58-55(39-16-6-2-7-17-39)59-57(60-56)47-23-13-25-53-54(47)49-36-44(31-33-52(49)62-53)42-19-12-18-41(34-42)43-30-32-51-48(35-43)46-22-10-11-24-50(46)61(51)45-20-8-3-9-21-45/h1-36H. The van der Waals surface area contributed by atoms with Crippen molar-refractivity contribution < 1.29 is 4.42 Å². The van der Waals surface area contributed by atoms with Gasteiger partial charge < -0.3 is 8.98 Å². The van der Waals surface area contributed by atoms with E-state index in [-0.39, 0.29) is 0 Å². The first-order valence-corrected chi connectivity index (χ1v) is 20.8. The van der Waals surface area contributed by atoms with Crippen LogP contribution in [0.25, 0.3) is 117 Å². The Morgan fingerprint density at radius 1 is 0.306 bits per heavy atom. The SMILES string of the molecule is c1ccc(-c2ccc(-c3nc(-c4ccccc4)nc(-c4cccc5oc6ccc(-c7cccc(-c8ccc9c(c8)c8ccccc8n9-c8ccccc8)c7)cc6c45)n3)cc2)cc1. The maximum Gasteiger partial charge on any atom is 0.164 e. The molecule has 0 unspecified atom stereocenters. The van der Waals surface area contributed by atoms with E-state index < -0.39 is 0 Å². The number of hydrogen-bond acceptors (Lipinski definition) is 4. The number of para-hydroxylation sites is 2. The van der Waals surface area contributed by atoms with E-state index in [1.807, 2.05) is 48.5 Å². The first kappa shape index (κ1) is 35.5. The van der Waals surface area contributed by atoms with Gasteiger partial charge in [-0.15, -0.1) is 0 Å². The number of benzene rings is 9. The van der Waals surface area contributed by atoms with Gasteiger partial charge in [-0.25, -0.2) is 15.0 Å². The maximum atomic E-state index is 6.52. The lowest BCUT2D eigenvalue weighted by molar-refractivity contribution is 0.669. The predicted octanol–water partition coefficient (Wildman–Crippen LogP) is 14.9. The molecule has 0 aliphatic carbocycles. The summed E-state index contributed by atoms with van der Waals surface area (Å²) in [5.41, 5.74) is 14.7. The summed E-state index contributed by atoms with van der Waals surface area (Å²) < 4.78 is 8.87. The van der Waals surface area contributed by atoms with Crippen LogP contribution in [0.4, 0.5) is 0 Å². The molecule has 12 rings (SSSR count). The molecule has 62 heavy (non-hydrogen) atoms. The summed E-state index contributed by atoms with van der Waals surface area (Å²) in [6, 6.07) is 76.4. The van der Waals surface area contributed by atoms with Crippen LogP contribution in [0.5, 0.6) is 0 Å². The van der Waals surface area contributed by atoms with E-state index in [4.69, 9.17) is 19.4 Å². The summed E-state index contributed by atoms with van der Waals surface area (Å²) in [6.07, 6.45) is 0. The van der Waals surface area contributed by atoms with Crippen molar-refractivity contribution >= 4 is 43.7 Å². The number of nitrogens with zero attached hydrogens (tertiary/aromatic N) is 4. The Hall–Kier alpha value is -8.41. The summed E-state index contributed by atoms with van der Waals surface area (Å²) in [7, 11) is 0. The molecule has 5 heteroatoms. The smallest absolute Gasteiger partial charge is 0.164 e. The largest absolute Gasteiger partial charge is 0.456 e. The highest BCUT2D eigenvalue weighted by Crippen LogP contribution is 2.40. The van der Waals surface area contributed by atoms with Crippen molar-refractivity contribution in [2.45, 2.75) is 0 Å². The van der Waals surface area contributed by atoms with Gasteiger partial charge in [-0.1, -0.05) is 164 Å². The summed E-state index contributed by atoms with van der Waals surface area (Å²) in [5, 5.41) is 4.44. The van der Waals surface area contributed by atoms with Crippen LogP contribution < -0.4 is 0 Å². The minimum atomic E-state index is 0.589. The van der Waals surface area contributed by atoms with Crippen molar-refractivity contribution in [2.75, 3.05) is 0 Å². The fourth-order valence-corrected chi connectivity index (χ4v) is 8.86. The first-order valence-electron chi connectivity index (χ1n) is 20.8. The van der Waals surface area contributed by atoms with E-state index in [2.05, 4.69) is 174 Å². The predicted molar refractivity (Wildman–Crippen MR) is 254 cm³/mol. The Morgan fingerprint density at radius 3 is 1.55 bits per heavy atom. The van der Waals surface area contributed by atoms with E-state index >= 15 is 0 Å². The lowest BCUT2D eigenvalue weighted by Crippen LogP contribution is -2.00. The summed E-state index contributed by atoms with van der Waals surface area (Å²) >= 11 is 0.